The Kier molecular flexibility index (Phi) is 3.84. The van der Waals surface area contributed by atoms with Crippen LogP contribution in [-0.2, 0) is 5.54 Å². The standard InChI is InChI=1S/C16H16N2O/c1-16(12-19,14-8-3-2-4-9-14)18-15-10-6-5-7-13(15)11-17/h2-10,18-19H,12H2,1H3. The van der Waals surface area contributed by atoms with Crippen molar-refractivity contribution >= 4 is 5.69 Å². The molecule has 0 aliphatic rings. The molecule has 2 aromatic rings. The fourth-order valence-corrected chi connectivity index (χ4v) is 2.00. The summed E-state index contributed by atoms with van der Waals surface area (Å²) >= 11 is 0. The van der Waals surface area contributed by atoms with E-state index in [2.05, 4.69) is 11.4 Å². The maximum atomic E-state index is 9.72. The highest BCUT2D eigenvalue weighted by molar-refractivity contribution is 5.59. The number of nitrogens with zero attached hydrogens (tertiary/aromatic N) is 1. The van der Waals surface area contributed by atoms with Gasteiger partial charge in [-0.1, -0.05) is 42.5 Å². The largest absolute Gasteiger partial charge is 0.394 e. The predicted molar refractivity (Wildman–Crippen MR) is 75.7 cm³/mol. The molecule has 2 rings (SSSR count). The molecule has 19 heavy (non-hydrogen) atoms. The van der Waals surface area contributed by atoms with Gasteiger partial charge in [-0.25, -0.2) is 0 Å². The molecule has 0 amide bonds. The second-order valence-corrected chi connectivity index (χ2v) is 4.64. The molecule has 0 spiro atoms. The fraction of sp³-hybridized carbons (Fsp3) is 0.188. The van der Waals surface area contributed by atoms with Crippen LogP contribution in [0, 0.1) is 11.3 Å². The van der Waals surface area contributed by atoms with Gasteiger partial charge in [0.25, 0.3) is 0 Å². The van der Waals surface area contributed by atoms with Crippen molar-refractivity contribution in [3.63, 3.8) is 0 Å². The summed E-state index contributed by atoms with van der Waals surface area (Å²) in [6.07, 6.45) is 0. The molecule has 0 radical (unpaired) electrons. The van der Waals surface area contributed by atoms with Crippen LogP contribution in [0.15, 0.2) is 54.6 Å². The van der Waals surface area contributed by atoms with Crippen LogP contribution in [0.4, 0.5) is 5.69 Å². The van der Waals surface area contributed by atoms with Crippen molar-refractivity contribution in [2.45, 2.75) is 12.5 Å². The van der Waals surface area contributed by atoms with E-state index in [1.165, 1.54) is 0 Å². The van der Waals surface area contributed by atoms with Gasteiger partial charge in [-0.2, -0.15) is 5.26 Å². The van der Waals surface area contributed by atoms with Crippen molar-refractivity contribution in [3.05, 3.63) is 65.7 Å². The zero-order valence-electron chi connectivity index (χ0n) is 10.8. The van der Waals surface area contributed by atoms with Crippen LogP contribution >= 0.6 is 0 Å². The summed E-state index contributed by atoms with van der Waals surface area (Å²) in [5, 5.41) is 22.1. The number of aliphatic hydroxyl groups excluding tert-OH is 1. The summed E-state index contributed by atoms with van der Waals surface area (Å²) in [7, 11) is 0. The average Bonchev–Trinajstić information content (AvgIpc) is 2.48. The van der Waals surface area contributed by atoms with Crippen LogP contribution in [0.5, 0.6) is 0 Å². The zero-order chi connectivity index (χ0) is 13.7. The summed E-state index contributed by atoms with van der Waals surface area (Å²) in [5.74, 6) is 0. The first-order valence-corrected chi connectivity index (χ1v) is 6.13. The van der Waals surface area contributed by atoms with Crippen LogP contribution in [0.1, 0.15) is 18.1 Å². The number of aliphatic hydroxyl groups is 1. The maximum Gasteiger partial charge on any atom is 0.101 e. The summed E-state index contributed by atoms with van der Waals surface area (Å²) in [4.78, 5) is 0. The number of anilines is 1. The summed E-state index contributed by atoms with van der Waals surface area (Å²) < 4.78 is 0. The van der Waals surface area contributed by atoms with E-state index >= 15 is 0 Å². The van der Waals surface area contributed by atoms with Gasteiger partial charge in [0.2, 0.25) is 0 Å². The molecule has 96 valence electrons. The first kappa shape index (κ1) is 13.1. The molecular weight excluding hydrogens is 236 g/mol. The van der Waals surface area contributed by atoms with Crippen molar-refractivity contribution in [1.29, 1.82) is 5.26 Å². The molecule has 1 atom stereocenters. The molecule has 0 aliphatic carbocycles. The molecule has 3 nitrogen and oxygen atoms in total. The second-order valence-electron chi connectivity index (χ2n) is 4.64. The number of nitriles is 1. The van der Waals surface area contributed by atoms with Crippen LogP contribution in [0.25, 0.3) is 0 Å². The smallest absolute Gasteiger partial charge is 0.101 e. The van der Waals surface area contributed by atoms with E-state index in [1.807, 2.05) is 55.5 Å². The molecule has 0 saturated heterocycles. The van der Waals surface area contributed by atoms with Gasteiger partial charge in [0, 0.05) is 0 Å². The molecule has 0 bridgehead atoms. The van der Waals surface area contributed by atoms with Crippen molar-refractivity contribution in [1.82, 2.24) is 0 Å². The average molecular weight is 252 g/mol. The molecule has 3 heteroatoms. The molecule has 0 aliphatic heterocycles. The van der Waals surface area contributed by atoms with E-state index < -0.39 is 5.54 Å². The lowest BCUT2D eigenvalue weighted by atomic mass is 9.92. The van der Waals surface area contributed by atoms with Gasteiger partial charge in [-0.3, -0.25) is 0 Å². The highest BCUT2D eigenvalue weighted by Crippen LogP contribution is 2.27. The lowest BCUT2D eigenvalue weighted by Gasteiger charge is -2.31. The van der Waals surface area contributed by atoms with Gasteiger partial charge in [0.1, 0.15) is 6.07 Å². The third-order valence-corrected chi connectivity index (χ3v) is 3.19. The second kappa shape index (κ2) is 5.55. The Morgan fingerprint density at radius 1 is 1.11 bits per heavy atom. The third-order valence-electron chi connectivity index (χ3n) is 3.19. The number of benzene rings is 2. The first-order chi connectivity index (χ1) is 9.19. The predicted octanol–water partition coefficient (Wildman–Crippen LogP) is 2.88. The quantitative estimate of drug-likeness (QED) is 0.879. The Balaban J connectivity index is 2.37. The van der Waals surface area contributed by atoms with Crippen LogP contribution < -0.4 is 5.32 Å². The molecule has 2 aromatic carbocycles. The highest BCUT2D eigenvalue weighted by atomic mass is 16.3. The lowest BCUT2D eigenvalue weighted by molar-refractivity contribution is 0.224. The van der Waals surface area contributed by atoms with Crippen molar-refractivity contribution < 1.29 is 5.11 Å². The zero-order valence-corrected chi connectivity index (χ0v) is 10.8. The monoisotopic (exact) mass is 252 g/mol. The number of hydrogen-bond donors (Lipinski definition) is 2. The van der Waals surface area contributed by atoms with Crippen molar-refractivity contribution in [2.75, 3.05) is 11.9 Å². The van der Waals surface area contributed by atoms with Gasteiger partial charge < -0.3 is 10.4 Å². The summed E-state index contributed by atoms with van der Waals surface area (Å²) in [6.45, 7) is 1.85. The molecule has 0 aromatic heterocycles. The Hall–Kier alpha value is -2.31. The first-order valence-electron chi connectivity index (χ1n) is 6.13. The number of rotatable bonds is 4. The lowest BCUT2D eigenvalue weighted by Crippen LogP contribution is -2.36. The van der Waals surface area contributed by atoms with Crippen molar-refractivity contribution in [3.8, 4) is 6.07 Å². The summed E-state index contributed by atoms with van der Waals surface area (Å²) in [6, 6.07) is 19.1. The maximum absolute atomic E-state index is 9.72. The van der Waals surface area contributed by atoms with Crippen LogP contribution in [0.2, 0.25) is 0 Å². The van der Waals surface area contributed by atoms with Gasteiger partial charge >= 0.3 is 0 Å². The molecule has 0 saturated carbocycles. The Labute approximate surface area is 113 Å². The summed E-state index contributed by atoms with van der Waals surface area (Å²) in [5.41, 5.74) is 1.66. The molecule has 1 unspecified atom stereocenters. The van der Waals surface area contributed by atoms with E-state index in [4.69, 9.17) is 5.26 Å². The van der Waals surface area contributed by atoms with E-state index in [-0.39, 0.29) is 6.61 Å². The normalized spacial score (nSPS) is 13.3. The molecular formula is C16H16N2O. The van der Waals surface area contributed by atoms with E-state index in [0.717, 1.165) is 11.3 Å². The minimum Gasteiger partial charge on any atom is -0.394 e. The Morgan fingerprint density at radius 3 is 2.37 bits per heavy atom. The fourth-order valence-electron chi connectivity index (χ4n) is 2.00. The van der Waals surface area contributed by atoms with Crippen molar-refractivity contribution in [2.24, 2.45) is 0 Å². The van der Waals surface area contributed by atoms with Gasteiger partial charge in [0.15, 0.2) is 0 Å². The number of hydrogen-bond acceptors (Lipinski definition) is 3. The molecule has 0 fully saturated rings. The van der Waals surface area contributed by atoms with Gasteiger partial charge in [-0.05, 0) is 24.6 Å². The Morgan fingerprint density at radius 2 is 1.74 bits per heavy atom. The SMILES string of the molecule is CC(CO)(Nc1ccccc1C#N)c1ccccc1. The number of para-hydroxylation sites is 1. The number of nitrogens with one attached hydrogen (secondary N) is 1. The third kappa shape index (κ3) is 2.75. The van der Waals surface area contributed by atoms with Gasteiger partial charge in [0.05, 0.1) is 23.4 Å². The van der Waals surface area contributed by atoms with E-state index in [1.54, 1.807) is 6.07 Å². The molecule has 0 heterocycles. The van der Waals surface area contributed by atoms with E-state index in [9.17, 15) is 5.11 Å². The highest BCUT2D eigenvalue weighted by Gasteiger charge is 2.26. The minimum absolute atomic E-state index is 0.0588. The van der Waals surface area contributed by atoms with Crippen LogP contribution in [-0.4, -0.2) is 11.7 Å². The minimum atomic E-state index is -0.617. The molecule has 2 N–H and O–H groups in total. The Bertz CT molecular complexity index is 589. The van der Waals surface area contributed by atoms with E-state index in [0.29, 0.717) is 5.56 Å². The van der Waals surface area contributed by atoms with Gasteiger partial charge in [-0.15, -0.1) is 0 Å². The topological polar surface area (TPSA) is 56.0 Å². The van der Waals surface area contributed by atoms with Crippen LogP contribution in [0.3, 0.4) is 0 Å².